The van der Waals surface area contributed by atoms with Gasteiger partial charge in [-0.05, 0) is 54.0 Å². The molecule has 0 saturated carbocycles. The second-order valence-corrected chi connectivity index (χ2v) is 6.82. The van der Waals surface area contributed by atoms with E-state index < -0.39 is 5.97 Å². The zero-order valence-corrected chi connectivity index (χ0v) is 17.0. The van der Waals surface area contributed by atoms with Gasteiger partial charge in [-0.1, -0.05) is 0 Å². The Bertz CT molecular complexity index is 981. The van der Waals surface area contributed by atoms with Gasteiger partial charge in [-0.2, -0.15) is 9.90 Å². The number of carbonyl (C=O) groups excluding carboxylic acids is 1. The van der Waals surface area contributed by atoms with E-state index in [1.54, 1.807) is 32.2 Å². The molecule has 0 radical (unpaired) electrons. The molecule has 1 aromatic carbocycles. The van der Waals surface area contributed by atoms with E-state index in [9.17, 15) is 4.79 Å². The molecule has 0 saturated heterocycles. The number of aryl methyl sites for hydroxylation is 3. The fraction of sp³-hybridized carbons (Fsp3) is 0.353. The van der Waals surface area contributed by atoms with Crippen molar-refractivity contribution in [2.24, 2.45) is 7.05 Å². The Morgan fingerprint density at radius 2 is 2.00 bits per heavy atom. The minimum Gasteiger partial charge on any atom is -0.490 e. The maximum absolute atomic E-state index is 12.6. The zero-order valence-electron chi connectivity index (χ0n) is 15.4. The van der Waals surface area contributed by atoms with Crippen molar-refractivity contribution < 1.29 is 14.3 Å². The molecule has 0 aliphatic rings. The number of carbonyl (C=O) groups is 1. The van der Waals surface area contributed by atoms with Crippen LogP contribution in [0.3, 0.4) is 0 Å². The largest absolute Gasteiger partial charge is 0.490 e. The smallest absolute Gasteiger partial charge is 0.345 e. The quantitative estimate of drug-likeness (QED) is 0.549. The summed E-state index contributed by atoms with van der Waals surface area (Å²) in [5, 5.41) is 16.0. The predicted molar refractivity (Wildman–Crippen MR) is 99.8 cm³/mol. The van der Waals surface area contributed by atoms with E-state index >= 15 is 0 Å². The highest BCUT2D eigenvalue weighted by molar-refractivity contribution is 9.10. The van der Waals surface area contributed by atoms with E-state index in [1.165, 1.54) is 9.48 Å². The lowest BCUT2D eigenvalue weighted by Gasteiger charge is -2.14. The van der Waals surface area contributed by atoms with Crippen LogP contribution in [0.5, 0.6) is 11.6 Å². The summed E-state index contributed by atoms with van der Waals surface area (Å²) < 4.78 is 13.6. The molecule has 27 heavy (non-hydrogen) atoms. The highest BCUT2D eigenvalue weighted by atomic mass is 79.9. The summed E-state index contributed by atoms with van der Waals surface area (Å²) in [7, 11) is 1.72. The summed E-state index contributed by atoms with van der Waals surface area (Å²) >= 11 is 3.46. The number of tetrazole rings is 1. The van der Waals surface area contributed by atoms with Crippen molar-refractivity contribution in [2.75, 3.05) is 6.61 Å². The molecule has 0 spiro atoms. The Labute approximate surface area is 164 Å². The Kier molecular flexibility index (Phi) is 5.54. The van der Waals surface area contributed by atoms with E-state index in [0.29, 0.717) is 41.7 Å². The zero-order chi connectivity index (χ0) is 19.6. The van der Waals surface area contributed by atoms with E-state index in [4.69, 9.17) is 9.47 Å². The lowest BCUT2D eigenvalue weighted by molar-refractivity contribution is 0.0718. The summed E-state index contributed by atoms with van der Waals surface area (Å²) in [6, 6.07) is 5.15. The minimum atomic E-state index is -0.471. The molecular weight excluding hydrogens is 416 g/mol. The van der Waals surface area contributed by atoms with Crippen molar-refractivity contribution in [3.63, 3.8) is 0 Å². The third kappa shape index (κ3) is 4.33. The van der Waals surface area contributed by atoms with Crippen LogP contribution in [0.25, 0.3) is 0 Å². The van der Waals surface area contributed by atoms with Crippen LogP contribution < -0.4 is 9.47 Å². The molecule has 10 heteroatoms. The number of rotatable bonds is 6. The van der Waals surface area contributed by atoms with Gasteiger partial charge >= 0.3 is 5.97 Å². The van der Waals surface area contributed by atoms with Crippen LogP contribution in [0.4, 0.5) is 0 Å². The van der Waals surface area contributed by atoms with E-state index in [0.717, 1.165) is 10.2 Å². The first-order valence-corrected chi connectivity index (χ1v) is 9.03. The molecule has 3 rings (SSSR count). The molecule has 142 valence electrons. The van der Waals surface area contributed by atoms with Crippen LogP contribution >= 0.6 is 15.9 Å². The highest BCUT2D eigenvalue weighted by Gasteiger charge is 2.19. The van der Waals surface area contributed by atoms with Crippen molar-refractivity contribution in [1.82, 2.24) is 30.0 Å². The normalized spacial score (nSPS) is 10.9. The van der Waals surface area contributed by atoms with Gasteiger partial charge in [-0.3, -0.25) is 0 Å². The second-order valence-electron chi connectivity index (χ2n) is 5.97. The predicted octanol–water partition coefficient (Wildman–Crippen LogP) is 2.39. The van der Waals surface area contributed by atoms with E-state index in [2.05, 4.69) is 36.4 Å². The van der Waals surface area contributed by atoms with Crippen molar-refractivity contribution in [3.8, 4) is 11.6 Å². The van der Waals surface area contributed by atoms with Gasteiger partial charge in [0.25, 0.3) is 0 Å². The number of aromatic nitrogens is 6. The Morgan fingerprint density at radius 1 is 1.22 bits per heavy atom. The molecule has 0 fully saturated rings. The maximum atomic E-state index is 12.6. The fourth-order valence-corrected chi connectivity index (χ4v) is 3.08. The molecule has 2 aromatic heterocycles. The van der Waals surface area contributed by atoms with Crippen LogP contribution in [-0.4, -0.2) is 42.6 Å². The SMILES string of the molecule is Cc1cc(OC(=O)c2ccc(Br)c(OCCn3nnc(C)n3)c2C)n(C)n1. The number of benzene rings is 1. The Hall–Kier alpha value is -2.75. The van der Waals surface area contributed by atoms with Crippen molar-refractivity contribution in [2.45, 2.75) is 27.3 Å². The first-order chi connectivity index (χ1) is 12.8. The topological polar surface area (TPSA) is 97.0 Å². The third-order valence-corrected chi connectivity index (χ3v) is 4.45. The second kappa shape index (κ2) is 7.87. The number of esters is 1. The van der Waals surface area contributed by atoms with E-state index in [1.807, 2.05) is 13.8 Å². The molecule has 0 bridgehead atoms. The van der Waals surface area contributed by atoms with Crippen LogP contribution in [0.15, 0.2) is 22.7 Å². The standard InChI is InChI=1S/C17H19BrN6O3/c1-10-9-15(23(4)20-10)27-17(25)13-5-6-14(18)16(11(13)2)26-8-7-24-21-12(3)19-22-24/h5-6,9H,7-8H2,1-4H3. The molecule has 2 heterocycles. The molecule has 0 aliphatic heterocycles. The van der Waals surface area contributed by atoms with Gasteiger partial charge in [0, 0.05) is 18.7 Å². The number of hydrogen-bond acceptors (Lipinski definition) is 7. The van der Waals surface area contributed by atoms with Crippen LogP contribution in [-0.2, 0) is 13.6 Å². The lowest BCUT2D eigenvalue weighted by atomic mass is 10.1. The first-order valence-electron chi connectivity index (χ1n) is 8.24. The molecule has 0 N–H and O–H groups in total. The number of halogens is 1. The number of nitrogens with zero attached hydrogens (tertiary/aromatic N) is 6. The molecule has 3 aromatic rings. The van der Waals surface area contributed by atoms with Gasteiger partial charge in [-0.15, -0.1) is 10.2 Å². The summed E-state index contributed by atoms with van der Waals surface area (Å²) in [6.07, 6.45) is 0. The monoisotopic (exact) mass is 434 g/mol. The molecular formula is C17H19BrN6O3. The Balaban J connectivity index is 1.74. The van der Waals surface area contributed by atoms with Crippen LogP contribution in [0, 0.1) is 20.8 Å². The van der Waals surface area contributed by atoms with Gasteiger partial charge in [0.2, 0.25) is 5.88 Å². The van der Waals surface area contributed by atoms with Crippen LogP contribution in [0.2, 0.25) is 0 Å². The van der Waals surface area contributed by atoms with Gasteiger partial charge in [-0.25, -0.2) is 9.48 Å². The maximum Gasteiger partial charge on any atom is 0.345 e. The lowest BCUT2D eigenvalue weighted by Crippen LogP contribution is -2.15. The number of hydrogen-bond donors (Lipinski definition) is 0. The molecule has 0 unspecified atom stereocenters. The van der Waals surface area contributed by atoms with Gasteiger partial charge in [0.15, 0.2) is 5.82 Å². The summed E-state index contributed by atoms with van der Waals surface area (Å²) in [6.45, 7) is 6.18. The van der Waals surface area contributed by atoms with Crippen molar-refractivity contribution in [3.05, 3.63) is 45.3 Å². The van der Waals surface area contributed by atoms with Gasteiger partial charge < -0.3 is 9.47 Å². The molecule has 0 aliphatic carbocycles. The summed E-state index contributed by atoms with van der Waals surface area (Å²) in [4.78, 5) is 14.1. The number of ether oxygens (including phenoxy) is 2. The first kappa shape index (κ1) is 19.0. The average molecular weight is 435 g/mol. The minimum absolute atomic E-state index is 0.328. The molecule has 0 amide bonds. The summed E-state index contributed by atoms with van der Waals surface area (Å²) in [5.74, 6) is 1.08. The average Bonchev–Trinajstić information content (AvgIpc) is 3.15. The third-order valence-electron chi connectivity index (χ3n) is 3.82. The Morgan fingerprint density at radius 3 is 2.63 bits per heavy atom. The van der Waals surface area contributed by atoms with Crippen molar-refractivity contribution in [1.29, 1.82) is 0 Å². The fourth-order valence-electron chi connectivity index (χ4n) is 2.54. The van der Waals surface area contributed by atoms with E-state index in [-0.39, 0.29) is 0 Å². The highest BCUT2D eigenvalue weighted by Crippen LogP contribution is 2.32. The van der Waals surface area contributed by atoms with Crippen molar-refractivity contribution >= 4 is 21.9 Å². The molecule has 9 nitrogen and oxygen atoms in total. The van der Waals surface area contributed by atoms with Crippen LogP contribution in [0.1, 0.15) is 27.4 Å². The van der Waals surface area contributed by atoms with Gasteiger partial charge in [0.1, 0.15) is 12.4 Å². The molecule has 0 atom stereocenters. The summed E-state index contributed by atoms with van der Waals surface area (Å²) in [5.41, 5.74) is 1.87. The van der Waals surface area contributed by atoms with Gasteiger partial charge in [0.05, 0.1) is 22.3 Å².